The van der Waals surface area contributed by atoms with Crippen LogP contribution in [-0.4, -0.2) is 22.4 Å². The van der Waals surface area contributed by atoms with Crippen LogP contribution in [0.1, 0.15) is 46.6 Å². The predicted octanol–water partition coefficient (Wildman–Crippen LogP) is 3.01. The van der Waals surface area contributed by atoms with Crippen molar-refractivity contribution >= 4 is 0 Å². The maximum atomic E-state index is 4.29. The van der Waals surface area contributed by atoms with Gasteiger partial charge in [0, 0.05) is 19.3 Å². The van der Waals surface area contributed by atoms with Crippen LogP contribution in [0.25, 0.3) is 0 Å². The van der Waals surface area contributed by atoms with Gasteiger partial charge in [0.2, 0.25) is 0 Å². The van der Waals surface area contributed by atoms with Gasteiger partial charge in [-0.2, -0.15) is 5.10 Å². The number of aromatic nitrogens is 2. The second-order valence-electron chi connectivity index (χ2n) is 7.21. The van der Waals surface area contributed by atoms with E-state index in [0.717, 1.165) is 18.9 Å². The summed E-state index contributed by atoms with van der Waals surface area (Å²) in [5.74, 6) is 0.742. The molecule has 1 heterocycles. The fourth-order valence-electron chi connectivity index (χ4n) is 3.72. The van der Waals surface area contributed by atoms with Crippen LogP contribution in [0.5, 0.6) is 0 Å². The van der Waals surface area contributed by atoms with E-state index < -0.39 is 0 Å². The molecule has 1 unspecified atom stereocenters. The lowest BCUT2D eigenvalue weighted by Crippen LogP contribution is -2.35. The monoisotopic (exact) mass is 263 g/mol. The second kappa shape index (κ2) is 4.93. The zero-order valence-electron chi connectivity index (χ0n) is 13.3. The normalized spacial score (nSPS) is 22.4. The number of hydrogen-bond donors (Lipinski definition) is 1. The molecule has 1 aliphatic rings. The predicted molar refractivity (Wildman–Crippen MR) is 80.0 cm³/mol. The molecule has 2 rings (SSSR count). The SMILES string of the molecule is CCCNC(Cc1cnn(C)c1)C1C(C)(C)C1(C)C. The molecule has 1 fully saturated rings. The summed E-state index contributed by atoms with van der Waals surface area (Å²) < 4.78 is 1.90. The van der Waals surface area contributed by atoms with E-state index in [-0.39, 0.29) is 0 Å². The number of nitrogens with zero attached hydrogens (tertiary/aromatic N) is 2. The van der Waals surface area contributed by atoms with E-state index >= 15 is 0 Å². The summed E-state index contributed by atoms with van der Waals surface area (Å²) in [7, 11) is 1.99. The summed E-state index contributed by atoms with van der Waals surface area (Å²) in [6.07, 6.45) is 6.43. The molecule has 0 aliphatic heterocycles. The van der Waals surface area contributed by atoms with Gasteiger partial charge in [0.05, 0.1) is 6.20 Å². The average Bonchev–Trinajstić information content (AvgIpc) is 2.64. The lowest BCUT2D eigenvalue weighted by Gasteiger charge is -2.20. The third kappa shape index (κ3) is 2.58. The van der Waals surface area contributed by atoms with Crippen LogP contribution in [0.15, 0.2) is 12.4 Å². The third-order valence-corrected chi connectivity index (χ3v) is 5.41. The van der Waals surface area contributed by atoms with Gasteiger partial charge >= 0.3 is 0 Å². The number of aryl methyl sites for hydroxylation is 1. The van der Waals surface area contributed by atoms with Gasteiger partial charge in [-0.05, 0) is 41.7 Å². The Kier molecular flexibility index (Phi) is 3.78. The first-order valence-electron chi connectivity index (χ1n) is 7.51. The van der Waals surface area contributed by atoms with Crippen LogP contribution in [0, 0.1) is 16.7 Å². The smallest absolute Gasteiger partial charge is 0.0522 e. The van der Waals surface area contributed by atoms with Crippen LogP contribution >= 0.6 is 0 Å². The van der Waals surface area contributed by atoms with Crippen LogP contribution in [-0.2, 0) is 13.5 Å². The van der Waals surface area contributed by atoms with E-state index in [1.165, 1.54) is 12.0 Å². The molecule has 3 heteroatoms. The quantitative estimate of drug-likeness (QED) is 0.855. The molecular formula is C16H29N3. The Morgan fingerprint density at radius 1 is 1.32 bits per heavy atom. The zero-order valence-corrected chi connectivity index (χ0v) is 13.3. The van der Waals surface area contributed by atoms with Gasteiger partial charge in [-0.25, -0.2) is 0 Å². The minimum Gasteiger partial charge on any atom is -0.313 e. The molecule has 1 atom stereocenters. The van der Waals surface area contributed by atoms with Crippen molar-refractivity contribution in [1.82, 2.24) is 15.1 Å². The van der Waals surface area contributed by atoms with Gasteiger partial charge < -0.3 is 5.32 Å². The largest absolute Gasteiger partial charge is 0.313 e. The third-order valence-electron chi connectivity index (χ3n) is 5.41. The van der Waals surface area contributed by atoms with Crippen molar-refractivity contribution in [3.63, 3.8) is 0 Å². The van der Waals surface area contributed by atoms with E-state index in [1.54, 1.807) is 0 Å². The molecule has 1 aromatic rings. The van der Waals surface area contributed by atoms with E-state index in [9.17, 15) is 0 Å². The summed E-state index contributed by atoms with van der Waals surface area (Å²) >= 11 is 0. The highest BCUT2D eigenvalue weighted by Gasteiger charge is 2.66. The Bertz CT molecular complexity index is 417. The highest BCUT2D eigenvalue weighted by molar-refractivity contribution is 5.19. The van der Waals surface area contributed by atoms with Crippen molar-refractivity contribution in [3.05, 3.63) is 18.0 Å². The Morgan fingerprint density at radius 2 is 1.95 bits per heavy atom. The van der Waals surface area contributed by atoms with Crippen molar-refractivity contribution in [1.29, 1.82) is 0 Å². The molecule has 0 spiro atoms. The minimum atomic E-state index is 0.431. The highest BCUT2D eigenvalue weighted by atomic mass is 15.2. The topological polar surface area (TPSA) is 29.9 Å². The summed E-state index contributed by atoms with van der Waals surface area (Å²) in [6, 6.07) is 0.564. The summed E-state index contributed by atoms with van der Waals surface area (Å²) in [5.41, 5.74) is 2.20. The van der Waals surface area contributed by atoms with Gasteiger partial charge in [-0.15, -0.1) is 0 Å². The van der Waals surface area contributed by atoms with Crippen molar-refractivity contribution in [3.8, 4) is 0 Å². The van der Waals surface area contributed by atoms with E-state index in [2.05, 4.69) is 51.2 Å². The van der Waals surface area contributed by atoms with Gasteiger partial charge in [0.25, 0.3) is 0 Å². The first kappa shape index (κ1) is 14.6. The zero-order chi connectivity index (χ0) is 14.3. The lowest BCUT2D eigenvalue weighted by molar-refractivity contribution is 0.395. The molecular weight excluding hydrogens is 234 g/mol. The van der Waals surface area contributed by atoms with Crippen LogP contribution in [0.3, 0.4) is 0 Å². The fourth-order valence-corrected chi connectivity index (χ4v) is 3.72. The first-order valence-corrected chi connectivity index (χ1v) is 7.51. The molecule has 19 heavy (non-hydrogen) atoms. The maximum absolute atomic E-state index is 4.29. The molecule has 1 saturated carbocycles. The van der Waals surface area contributed by atoms with E-state index in [1.807, 2.05) is 17.9 Å². The number of hydrogen-bond acceptors (Lipinski definition) is 2. The minimum absolute atomic E-state index is 0.431. The maximum Gasteiger partial charge on any atom is 0.0522 e. The van der Waals surface area contributed by atoms with Crippen molar-refractivity contribution in [2.24, 2.45) is 23.8 Å². The lowest BCUT2D eigenvalue weighted by atomic mass is 9.98. The molecule has 0 radical (unpaired) electrons. The van der Waals surface area contributed by atoms with E-state index in [4.69, 9.17) is 0 Å². The Balaban J connectivity index is 2.09. The molecule has 108 valence electrons. The molecule has 1 aliphatic carbocycles. The molecule has 0 bridgehead atoms. The van der Waals surface area contributed by atoms with Crippen LogP contribution in [0.4, 0.5) is 0 Å². The van der Waals surface area contributed by atoms with Gasteiger partial charge in [-0.3, -0.25) is 4.68 Å². The van der Waals surface area contributed by atoms with Crippen molar-refractivity contribution < 1.29 is 0 Å². The average molecular weight is 263 g/mol. The molecule has 1 aromatic heterocycles. The molecule has 0 saturated heterocycles. The Hall–Kier alpha value is -0.830. The van der Waals surface area contributed by atoms with E-state index in [0.29, 0.717) is 16.9 Å². The van der Waals surface area contributed by atoms with Gasteiger partial charge in [-0.1, -0.05) is 34.6 Å². The van der Waals surface area contributed by atoms with Gasteiger partial charge in [0.15, 0.2) is 0 Å². The second-order valence-corrected chi connectivity index (χ2v) is 7.21. The Labute approximate surface area is 117 Å². The summed E-state index contributed by atoms with van der Waals surface area (Å²) in [6.45, 7) is 13.0. The summed E-state index contributed by atoms with van der Waals surface area (Å²) in [4.78, 5) is 0. The van der Waals surface area contributed by atoms with Crippen molar-refractivity contribution in [2.75, 3.05) is 6.54 Å². The summed E-state index contributed by atoms with van der Waals surface area (Å²) in [5, 5.41) is 8.05. The highest BCUT2D eigenvalue weighted by Crippen LogP contribution is 2.69. The molecule has 1 N–H and O–H groups in total. The molecule has 0 amide bonds. The van der Waals surface area contributed by atoms with Crippen LogP contribution in [0.2, 0.25) is 0 Å². The molecule has 3 nitrogen and oxygen atoms in total. The number of rotatable bonds is 6. The molecule has 0 aromatic carbocycles. The Morgan fingerprint density at radius 3 is 2.37 bits per heavy atom. The fraction of sp³-hybridized carbons (Fsp3) is 0.812. The first-order chi connectivity index (χ1) is 8.80. The van der Waals surface area contributed by atoms with Crippen LogP contribution < -0.4 is 5.32 Å². The standard InChI is InChI=1S/C16H29N3/c1-7-8-17-13(9-12-10-18-19(6)11-12)14-15(2,3)16(14,4)5/h10-11,13-14,17H,7-9H2,1-6H3. The number of nitrogens with one attached hydrogen (secondary N) is 1. The van der Waals surface area contributed by atoms with Crippen molar-refractivity contribution in [2.45, 2.75) is 53.5 Å². The van der Waals surface area contributed by atoms with Gasteiger partial charge in [0.1, 0.15) is 0 Å².